The number of aryl methyl sites for hydroxylation is 1. The van der Waals surface area contributed by atoms with Crippen LogP contribution in [0, 0.1) is 6.92 Å². The highest BCUT2D eigenvalue weighted by atomic mass is 32.1. The molecule has 0 radical (unpaired) electrons. The van der Waals surface area contributed by atoms with Gasteiger partial charge >= 0.3 is 0 Å². The summed E-state index contributed by atoms with van der Waals surface area (Å²) in [7, 11) is 0. The van der Waals surface area contributed by atoms with Crippen molar-refractivity contribution in [3.8, 4) is 11.5 Å². The summed E-state index contributed by atoms with van der Waals surface area (Å²) in [5.74, 6) is 2.13. The number of rotatable bonds is 5. The SMILES string of the molecule is CCCN1CCN(c2ncnc3sc(C(=O)Nc4ccc5c(c4)OCCO5)c(C)c23)CC1. The Hall–Kier alpha value is -2.91. The Balaban J connectivity index is 1.39. The van der Waals surface area contributed by atoms with Crippen LogP contribution in [0.15, 0.2) is 24.5 Å². The molecule has 0 saturated carbocycles. The summed E-state index contributed by atoms with van der Waals surface area (Å²) in [5, 5.41) is 3.98. The van der Waals surface area contributed by atoms with Crippen LogP contribution in [0.3, 0.4) is 0 Å². The Morgan fingerprint density at radius 2 is 1.91 bits per heavy atom. The second-order valence-electron chi connectivity index (χ2n) is 8.07. The summed E-state index contributed by atoms with van der Waals surface area (Å²) >= 11 is 1.41. The van der Waals surface area contributed by atoms with Gasteiger partial charge in [-0.2, -0.15) is 0 Å². The molecule has 0 atom stereocenters. The molecule has 3 aromatic rings. The maximum atomic E-state index is 13.1. The van der Waals surface area contributed by atoms with E-state index >= 15 is 0 Å². The van der Waals surface area contributed by atoms with Gasteiger partial charge in [0.2, 0.25) is 0 Å². The number of hydrogen-bond acceptors (Lipinski definition) is 8. The Morgan fingerprint density at radius 3 is 2.69 bits per heavy atom. The number of amides is 1. The fourth-order valence-electron chi connectivity index (χ4n) is 4.32. The lowest BCUT2D eigenvalue weighted by Gasteiger charge is -2.35. The summed E-state index contributed by atoms with van der Waals surface area (Å²) in [6, 6.07) is 5.45. The van der Waals surface area contributed by atoms with E-state index in [-0.39, 0.29) is 5.91 Å². The molecule has 2 aromatic heterocycles. The smallest absolute Gasteiger partial charge is 0.266 e. The molecule has 1 aromatic carbocycles. The van der Waals surface area contributed by atoms with Crippen molar-refractivity contribution >= 4 is 39.0 Å². The van der Waals surface area contributed by atoms with Crippen LogP contribution >= 0.6 is 11.3 Å². The minimum Gasteiger partial charge on any atom is -0.486 e. The first-order chi connectivity index (χ1) is 15.6. The van der Waals surface area contributed by atoms with Gasteiger partial charge in [-0.05, 0) is 37.6 Å². The minimum absolute atomic E-state index is 0.152. The van der Waals surface area contributed by atoms with E-state index in [4.69, 9.17) is 9.47 Å². The molecule has 0 bridgehead atoms. The lowest BCUT2D eigenvalue weighted by molar-refractivity contribution is 0.103. The van der Waals surface area contributed by atoms with Gasteiger partial charge < -0.3 is 19.7 Å². The molecule has 1 fully saturated rings. The van der Waals surface area contributed by atoms with Crippen molar-refractivity contribution in [3.63, 3.8) is 0 Å². The fraction of sp³-hybridized carbons (Fsp3) is 0.435. The van der Waals surface area contributed by atoms with Gasteiger partial charge in [0.05, 0.1) is 10.3 Å². The predicted octanol–water partition coefficient (Wildman–Crippen LogP) is 3.56. The zero-order valence-electron chi connectivity index (χ0n) is 18.4. The van der Waals surface area contributed by atoms with E-state index in [0.717, 1.165) is 54.3 Å². The van der Waals surface area contributed by atoms with Crippen molar-refractivity contribution in [2.24, 2.45) is 0 Å². The van der Waals surface area contributed by atoms with Crippen LogP contribution in [0.1, 0.15) is 28.6 Å². The number of nitrogens with one attached hydrogen (secondary N) is 1. The van der Waals surface area contributed by atoms with E-state index in [9.17, 15) is 4.79 Å². The van der Waals surface area contributed by atoms with Crippen LogP contribution in [0.25, 0.3) is 10.2 Å². The fourth-order valence-corrected chi connectivity index (χ4v) is 5.36. The number of aromatic nitrogens is 2. The van der Waals surface area contributed by atoms with Crippen molar-refractivity contribution in [2.45, 2.75) is 20.3 Å². The maximum Gasteiger partial charge on any atom is 0.266 e. The van der Waals surface area contributed by atoms with E-state index < -0.39 is 0 Å². The third-order valence-corrected chi connectivity index (χ3v) is 7.12. The van der Waals surface area contributed by atoms with Crippen LogP contribution < -0.4 is 19.7 Å². The summed E-state index contributed by atoms with van der Waals surface area (Å²) in [6.45, 7) is 10.3. The number of carbonyl (C=O) groups excluding carboxylic acids is 1. The van der Waals surface area contributed by atoms with Crippen LogP contribution in [-0.2, 0) is 0 Å². The molecule has 0 spiro atoms. The first-order valence-electron chi connectivity index (χ1n) is 11.1. The predicted molar refractivity (Wildman–Crippen MR) is 126 cm³/mol. The molecule has 168 valence electrons. The zero-order valence-corrected chi connectivity index (χ0v) is 19.2. The average molecular weight is 454 g/mol. The standard InChI is InChI=1S/C23H27N5O3S/c1-3-6-27-7-9-28(10-8-27)21-19-15(2)20(32-23(19)25-14-24-21)22(29)26-16-4-5-17-18(13-16)31-12-11-30-17/h4-5,13-14H,3,6-12H2,1-2H3,(H,26,29). The molecule has 4 heterocycles. The molecule has 9 heteroatoms. The zero-order chi connectivity index (χ0) is 22.1. The highest BCUT2D eigenvalue weighted by Gasteiger charge is 2.24. The highest BCUT2D eigenvalue weighted by molar-refractivity contribution is 7.20. The number of piperazine rings is 1. The number of thiophene rings is 1. The van der Waals surface area contributed by atoms with Gasteiger partial charge in [0.25, 0.3) is 5.91 Å². The second-order valence-corrected chi connectivity index (χ2v) is 9.07. The molecule has 0 unspecified atom stereocenters. The molecule has 1 amide bonds. The van der Waals surface area contributed by atoms with Crippen LogP contribution in [0.5, 0.6) is 11.5 Å². The molecule has 1 N–H and O–H groups in total. The highest BCUT2D eigenvalue weighted by Crippen LogP contribution is 2.36. The molecule has 5 rings (SSSR count). The van der Waals surface area contributed by atoms with Crippen molar-refractivity contribution in [1.82, 2.24) is 14.9 Å². The number of carbonyl (C=O) groups is 1. The number of fused-ring (bicyclic) bond motifs is 2. The molecule has 0 aliphatic carbocycles. The molecule has 2 aliphatic heterocycles. The number of ether oxygens (including phenoxy) is 2. The van der Waals surface area contributed by atoms with E-state index in [1.807, 2.05) is 19.1 Å². The topological polar surface area (TPSA) is 79.8 Å². The maximum absolute atomic E-state index is 13.1. The minimum atomic E-state index is -0.152. The van der Waals surface area contributed by atoms with E-state index in [0.29, 0.717) is 35.3 Å². The summed E-state index contributed by atoms with van der Waals surface area (Å²) in [4.78, 5) is 28.5. The van der Waals surface area contributed by atoms with Crippen LogP contribution in [0.2, 0.25) is 0 Å². The van der Waals surface area contributed by atoms with E-state index in [1.165, 1.54) is 17.8 Å². The van der Waals surface area contributed by atoms with Crippen LogP contribution in [0.4, 0.5) is 11.5 Å². The van der Waals surface area contributed by atoms with Gasteiger partial charge in [-0.1, -0.05) is 6.92 Å². The molecule has 2 aliphatic rings. The van der Waals surface area contributed by atoms with E-state index in [2.05, 4.69) is 32.0 Å². The van der Waals surface area contributed by atoms with Crippen LogP contribution in [-0.4, -0.2) is 66.7 Å². The van der Waals surface area contributed by atoms with Gasteiger partial charge in [-0.25, -0.2) is 9.97 Å². The number of nitrogens with zero attached hydrogens (tertiary/aromatic N) is 4. The molecular weight excluding hydrogens is 426 g/mol. The van der Waals surface area contributed by atoms with Crippen molar-refractivity contribution < 1.29 is 14.3 Å². The third kappa shape index (κ3) is 3.98. The van der Waals surface area contributed by atoms with Crippen molar-refractivity contribution in [1.29, 1.82) is 0 Å². The van der Waals surface area contributed by atoms with Crippen molar-refractivity contribution in [2.75, 3.05) is 56.2 Å². The molecule has 1 saturated heterocycles. The Morgan fingerprint density at radius 1 is 1.12 bits per heavy atom. The quantitative estimate of drug-likeness (QED) is 0.633. The summed E-state index contributed by atoms with van der Waals surface area (Å²) in [5.41, 5.74) is 1.60. The largest absolute Gasteiger partial charge is 0.486 e. The molecule has 32 heavy (non-hydrogen) atoms. The first-order valence-corrected chi connectivity index (χ1v) is 11.9. The van der Waals surface area contributed by atoms with E-state index in [1.54, 1.807) is 12.4 Å². The van der Waals surface area contributed by atoms with Gasteiger partial charge in [-0.15, -0.1) is 11.3 Å². The Labute approximate surface area is 191 Å². The second kappa shape index (κ2) is 8.91. The Bertz CT molecular complexity index is 1140. The van der Waals surface area contributed by atoms with Gasteiger partial charge in [0.15, 0.2) is 11.5 Å². The summed E-state index contributed by atoms with van der Waals surface area (Å²) in [6.07, 6.45) is 2.78. The lowest BCUT2D eigenvalue weighted by atomic mass is 10.1. The summed E-state index contributed by atoms with van der Waals surface area (Å²) < 4.78 is 11.2. The van der Waals surface area contributed by atoms with Crippen molar-refractivity contribution in [3.05, 3.63) is 35.0 Å². The number of benzene rings is 1. The number of anilines is 2. The molecule has 8 nitrogen and oxygen atoms in total. The number of hydrogen-bond donors (Lipinski definition) is 1. The first kappa shape index (κ1) is 21.0. The lowest BCUT2D eigenvalue weighted by Crippen LogP contribution is -2.46. The van der Waals surface area contributed by atoms with Gasteiger partial charge in [0, 0.05) is 37.9 Å². The Kier molecular flexibility index (Phi) is 5.84. The normalized spacial score (nSPS) is 16.4. The van der Waals surface area contributed by atoms with Gasteiger partial charge in [0.1, 0.15) is 30.2 Å². The third-order valence-electron chi connectivity index (χ3n) is 5.92. The monoisotopic (exact) mass is 453 g/mol. The molecular formula is C23H27N5O3S. The average Bonchev–Trinajstić information content (AvgIpc) is 3.17. The van der Waals surface area contributed by atoms with Gasteiger partial charge in [-0.3, -0.25) is 9.69 Å².